The molecular formula is C19H39Cl2NO2. The molecule has 3 nitrogen and oxygen atoms in total. The van der Waals surface area contributed by atoms with Gasteiger partial charge in [-0.1, -0.05) is 69.2 Å². The summed E-state index contributed by atoms with van der Waals surface area (Å²) in [7, 11) is 1.70. The second kappa shape index (κ2) is 11.4. The van der Waals surface area contributed by atoms with Crippen LogP contribution in [0.4, 0.5) is 0 Å². The number of halogens is 2. The third-order valence-electron chi connectivity index (χ3n) is 5.94. The van der Waals surface area contributed by atoms with Crippen LogP contribution in [0.1, 0.15) is 69.2 Å². The molecule has 5 heteroatoms. The maximum atomic E-state index is 11.6. The Bertz CT molecular complexity index is 375. The summed E-state index contributed by atoms with van der Waals surface area (Å²) in [4.78, 5) is 22.7. The van der Waals surface area contributed by atoms with Crippen molar-refractivity contribution in [3.8, 4) is 0 Å². The first-order valence-corrected chi connectivity index (χ1v) is 9.00. The number of amides is 1. The molecule has 0 aromatic heterocycles. The van der Waals surface area contributed by atoms with Gasteiger partial charge in [0.2, 0.25) is 11.1 Å². The van der Waals surface area contributed by atoms with E-state index in [9.17, 15) is 9.59 Å². The fourth-order valence-corrected chi connectivity index (χ4v) is 3.02. The lowest BCUT2D eigenvalue weighted by atomic mass is 9.70. The minimum Gasteiger partial charge on any atom is -0.359 e. The Kier molecular flexibility index (Phi) is 13.5. The van der Waals surface area contributed by atoms with Gasteiger partial charge in [-0.05, 0) is 35.3 Å². The van der Waals surface area contributed by atoms with Crippen molar-refractivity contribution in [1.82, 2.24) is 5.32 Å². The van der Waals surface area contributed by atoms with E-state index < -0.39 is 0 Å². The molecule has 146 valence electrons. The number of carbonyl (C=O) groups is 2. The quantitative estimate of drug-likeness (QED) is 0.611. The minimum atomic E-state index is -0.373. The second-order valence-corrected chi connectivity index (χ2v) is 8.38. The van der Waals surface area contributed by atoms with Crippen LogP contribution in [0.2, 0.25) is 0 Å². The molecule has 0 saturated heterocycles. The van der Waals surface area contributed by atoms with Crippen molar-refractivity contribution in [2.45, 2.75) is 69.2 Å². The predicted octanol–water partition coefficient (Wildman–Crippen LogP) is 5.54. The molecular weight excluding hydrogens is 345 g/mol. The largest absolute Gasteiger partial charge is 0.359 e. The van der Waals surface area contributed by atoms with Gasteiger partial charge >= 0.3 is 0 Å². The molecule has 0 aliphatic heterocycles. The topological polar surface area (TPSA) is 46.2 Å². The first-order valence-electron chi connectivity index (χ1n) is 8.62. The highest BCUT2D eigenvalue weighted by molar-refractivity contribution is 6.64. The number of nitrogens with one attached hydrogen (secondary N) is 1. The summed E-state index contributed by atoms with van der Waals surface area (Å²) in [5, 5.41) is 2.51. The average molecular weight is 384 g/mol. The van der Waals surface area contributed by atoms with Crippen LogP contribution in [0.3, 0.4) is 0 Å². The highest BCUT2D eigenvalue weighted by Crippen LogP contribution is 2.37. The standard InChI is InChI=1S/C10H21NO.C9H17ClO.ClH/c1-7(2)10(5,8(3)4)9(12)11-6;1-6(2)9(5,7(3)4)8(10)11;/h7-8H,1-6H3,(H,11,12);6-7H,1-5H3;1H. The molecule has 0 fully saturated rings. The Labute approximate surface area is 161 Å². The van der Waals surface area contributed by atoms with Crippen molar-refractivity contribution in [2.75, 3.05) is 7.05 Å². The summed E-state index contributed by atoms with van der Waals surface area (Å²) in [5.74, 6) is 1.49. The molecule has 1 amide bonds. The van der Waals surface area contributed by atoms with E-state index in [0.717, 1.165) is 0 Å². The van der Waals surface area contributed by atoms with E-state index in [1.54, 1.807) is 7.05 Å². The molecule has 0 spiro atoms. The molecule has 0 aliphatic rings. The summed E-state index contributed by atoms with van der Waals surface area (Å²) >= 11 is 5.54. The third kappa shape index (κ3) is 6.55. The van der Waals surface area contributed by atoms with Crippen LogP contribution < -0.4 is 5.32 Å². The summed E-state index contributed by atoms with van der Waals surface area (Å²) < 4.78 is 0. The van der Waals surface area contributed by atoms with Crippen LogP contribution in [0.25, 0.3) is 0 Å². The van der Waals surface area contributed by atoms with Gasteiger partial charge in [0.25, 0.3) is 0 Å². The zero-order chi connectivity index (χ0) is 19.2. The summed E-state index contributed by atoms with van der Waals surface area (Å²) in [5.41, 5.74) is -0.615. The molecule has 0 aliphatic carbocycles. The molecule has 0 radical (unpaired) electrons. The molecule has 1 N–H and O–H groups in total. The molecule has 0 bridgehead atoms. The molecule has 0 aromatic carbocycles. The van der Waals surface area contributed by atoms with Gasteiger partial charge in [0, 0.05) is 12.5 Å². The lowest BCUT2D eigenvalue weighted by Gasteiger charge is -2.35. The van der Waals surface area contributed by atoms with Crippen LogP contribution >= 0.6 is 24.0 Å². The van der Waals surface area contributed by atoms with E-state index in [0.29, 0.717) is 23.7 Å². The van der Waals surface area contributed by atoms with Gasteiger partial charge in [0.15, 0.2) is 0 Å². The highest BCUT2D eigenvalue weighted by Gasteiger charge is 2.39. The summed E-state index contributed by atoms with van der Waals surface area (Å²) in [6.45, 7) is 20.4. The molecule has 0 heterocycles. The molecule has 0 saturated carbocycles. The maximum absolute atomic E-state index is 11.6. The first-order chi connectivity index (χ1) is 10.2. The van der Waals surface area contributed by atoms with E-state index >= 15 is 0 Å². The molecule has 0 rings (SSSR count). The van der Waals surface area contributed by atoms with Crippen LogP contribution in [-0.4, -0.2) is 18.2 Å². The molecule has 24 heavy (non-hydrogen) atoms. The normalized spacial score (nSPS) is 12.0. The SMILES string of the molecule is CC(C)C(C)(C(=O)Cl)C(C)C.CNC(=O)C(C)(C(C)C)C(C)C.Cl. The van der Waals surface area contributed by atoms with E-state index in [-0.39, 0.29) is 34.4 Å². The Morgan fingerprint density at radius 1 is 0.750 bits per heavy atom. The highest BCUT2D eigenvalue weighted by atomic mass is 35.5. The average Bonchev–Trinajstić information content (AvgIpc) is 2.43. The van der Waals surface area contributed by atoms with Crippen LogP contribution in [0.15, 0.2) is 0 Å². The van der Waals surface area contributed by atoms with Crippen LogP contribution in [-0.2, 0) is 9.59 Å². The van der Waals surface area contributed by atoms with Crippen molar-refractivity contribution in [2.24, 2.45) is 34.5 Å². The fourth-order valence-electron chi connectivity index (χ4n) is 2.58. The first kappa shape index (κ1) is 28.5. The van der Waals surface area contributed by atoms with Gasteiger partial charge in [0.1, 0.15) is 0 Å². The number of rotatable bonds is 6. The fraction of sp³-hybridized carbons (Fsp3) is 0.895. The van der Waals surface area contributed by atoms with Crippen molar-refractivity contribution in [3.05, 3.63) is 0 Å². The van der Waals surface area contributed by atoms with E-state index in [4.69, 9.17) is 11.6 Å². The second-order valence-electron chi connectivity index (χ2n) is 8.04. The Hall–Kier alpha value is -0.280. The van der Waals surface area contributed by atoms with E-state index in [2.05, 4.69) is 33.0 Å². The molecule has 0 aromatic rings. The van der Waals surface area contributed by atoms with Gasteiger partial charge in [-0.15, -0.1) is 12.4 Å². The van der Waals surface area contributed by atoms with Gasteiger partial charge in [-0.2, -0.15) is 0 Å². The number of hydrogen-bond donors (Lipinski definition) is 1. The van der Waals surface area contributed by atoms with Gasteiger partial charge in [-0.25, -0.2) is 0 Å². The predicted molar refractivity (Wildman–Crippen MR) is 108 cm³/mol. The maximum Gasteiger partial charge on any atom is 0.228 e. The Balaban J connectivity index is -0.000000354. The molecule has 0 unspecified atom stereocenters. The van der Waals surface area contributed by atoms with E-state index in [1.165, 1.54) is 0 Å². The zero-order valence-corrected chi connectivity index (χ0v) is 19.0. The van der Waals surface area contributed by atoms with Crippen molar-refractivity contribution in [3.63, 3.8) is 0 Å². The van der Waals surface area contributed by atoms with Crippen molar-refractivity contribution in [1.29, 1.82) is 0 Å². The van der Waals surface area contributed by atoms with Crippen LogP contribution in [0, 0.1) is 34.5 Å². The van der Waals surface area contributed by atoms with Gasteiger partial charge in [0.05, 0.1) is 5.41 Å². The zero-order valence-electron chi connectivity index (χ0n) is 17.4. The minimum absolute atomic E-state index is 0. The van der Waals surface area contributed by atoms with Gasteiger partial charge < -0.3 is 5.32 Å². The Morgan fingerprint density at radius 2 is 1.00 bits per heavy atom. The Morgan fingerprint density at radius 3 is 1.04 bits per heavy atom. The third-order valence-corrected chi connectivity index (χ3v) is 6.34. The smallest absolute Gasteiger partial charge is 0.228 e. The number of hydrogen-bond acceptors (Lipinski definition) is 2. The lowest BCUT2D eigenvalue weighted by molar-refractivity contribution is -0.135. The van der Waals surface area contributed by atoms with Crippen molar-refractivity contribution >= 4 is 35.2 Å². The van der Waals surface area contributed by atoms with Crippen LogP contribution in [0.5, 0.6) is 0 Å². The van der Waals surface area contributed by atoms with E-state index in [1.807, 2.05) is 41.5 Å². The van der Waals surface area contributed by atoms with Gasteiger partial charge in [-0.3, -0.25) is 9.59 Å². The molecule has 0 atom stereocenters. The summed E-state index contributed by atoms with van der Waals surface area (Å²) in [6, 6.07) is 0. The lowest BCUT2D eigenvalue weighted by Crippen LogP contribution is -2.44. The monoisotopic (exact) mass is 383 g/mol. The summed E-state index contributed by atoms with van der Waals surface area (Å²) in [6.07, 6.45) is 0. The number of carbonyl (C=O) groups excluding carboxylic acids is 2. The van der Waals surface area contributed by atoms with Crippen molar-refractivity contribution < 1.29 is 9.59 Å².